The fourth-order valence-electron chi connectivity index (χ4n) is 3.78. The second-order valence-corrected chi connectivity index (χ2v) is 8.22. The highest BCUT2D eigenvalue weighted by Gasteiger charge is 2.27. The third kappa shape index (κ3) is 3.71. The van der Waals surface area contributed by atoms with Crippen LogP contribution in [0.2, 0.25) is 0 Å². The zero-order chi connectivity index (χ0) is 20.8. The number of rotatable bonds is 6. The number of phosphoric acid groups is 1. The number of carbonyl (C=O) groups excluding carboxylic acids is 1. The Bertz CT molecular complexity index is 1230. The van der Waals surface area contributed by atoms with Crippen molar-refractivity contribution in [3.8, 4) is 0 Å². The van der Waals surface area contributed by atoms with E-state index in [0.29, 0.717) is 5.56 Å². The molecule has 1 amide bonds. The smallest absolute Gasteiger partial charge is 0.394 e. The van der Waals surface area contributed by atoms with Crippen LogP contribution < -0.4 is 5.32 Å². The molecule has 0 heterocycles. The molecule has 2 atom stereocenters. The summed E-state index contributed by atoms with van der Waals surface area (Å²) in [7, 11) is -4.75. The Hall–Kier alpha value is -2.54. The Balaban J connectivity index is 1.75. The van der Waals surface area contributed by atoms with Gasteiger partial charge in [0.2, 0.25) is 0 Å². The Kier molecular flexibility index (Phi) is 5.02. The van der Waals surface area contributed by atoms with Crippen LogP contribution in [0.15, 0.2) is 54.6 Å². The van der Waals surface area contributed by atoms with Crippen molar-refractivity contribution in [2.24, 2.45) is 0 Å². The van der Waals surface area contributed by atoms with Gasteiger partial charge in [-0.15, -0.1) is 0 Å². The van der Waals surface area contributed by atoms with E-state index < -0.39 is 32.5 Å². The minimum absolute atomic E-state index is 0.414. The number of aliphatic hydroxyl groups excluding tert-OH is 1. The summed E-state index contributed by atoms with van der Waals surface area (Å²) >= 11 is 0. The molecule has 29 heavy (non-hydrogen) atoms. The molecule has 4 N–H and O–H groups in total. The molecule has 0 aliphatic carbocycles. The van der Waals surface area contributed by atoms with Gasteiger partial charge in [-0.3, -0.25) is 9.32 Å². The fraction of sp³-hybridized carbons (Fsp3) is 0.190. The first-order valence-electron chi connectivity index (χ1n) is 9.10. The third-order valence-electron chi connectivity index (χ3n) is 5.16. The van der Waals surface area contributed by atoms with Crippen molar-refractivity contribution in [1.29, 1.82) is 0 Å². The third-order valence-corrected chi connectivity index (χ3v) is 5.76. The Morgan fingerprint density at radius 3 is 2.21 bits per heavy atom. The monoisotopic (exact) mass is 413 g/mol. The van der Waals surface area contributed by atoms with E-state index >= 15 is 0 Å². The summed E-state index contributed by atoms with van der Waals surface area (Å²) in [6.45, 7) is 0.850. The van der Waals surface area contributed by atoms with Crippen LogP contribution in [0.1, 0.15) is 17.3 Å². The number of hydrogen-bond acceptors (Lipinski definition) is 4. The van der Waals surface area contributed by atoms with Crippen LogP contribution in [-0.2, 0) is 9.09 Å². The van der Waals surface area contributed by atoms with Crippen molar-refractivity contribution in [1.82, 2.24) is 5.32 Å². The molecule has 0 bridgehead atoms. The minimum Gasteiger partial charge on any atom is -0.394 e. The number of benzene rings is 4. The van der Waals surface area contributed by atoms with Crippen molar-refractivity contribution < 1.29 is 28.8 Å². The molecule has 150 valence electrons. The fourth-order valence-corrected chi connectivity index (χ4v) is 4.36. The molecule has 0 saturated carbocycles. The lowest BCUT2D eigenvalue weighted by atomic mass is 9.91. The molecular weight excluding hydrogens is 393 g/mol. The van der Waals surface area contributed by atoms with Crippen molar-refractivity contribution in [3.63, 3.8) is 0 Å². The molecule has 0 unspecified atom stereocenters. The van der Waals surface area contributed by atoms with Gasteiger partial charge in [0, 0.05) is 5.56 Å². The molecule has 0 radical (unpaired) electrons. The van der Waals surface area contributed by atoms with E-state index in [2.05, 4.69) is 9.84 Å². The van der Waals surface area contributed by atoms with Crippen LogP contribution in [0.25, 0.3) is 32.3 Å². The number of amides is 1. The number of hydrogen-bond donors (Lipinski definition) is 4. The molecule has 0 fully saturated rings. The first kappa shape index (κ1) is 19.8. The van der Waals surface area contributed by atoms with Crippen LogP contribution in [0.3, 0.4) is 0 Å². The molecule has 0 spiro atoms. The lowest BCUT2D eigenvalue weighted by Crippen LogP contribution is -2.45. The van der Waals surface area contributed by atoms with Gasteiger partial charge in [0.15, 0.2) is 0 Å². The molecule has 0 aromatic heterocycles. The number of phosphoric ester groups is 1. The van der Waals surface area contributed by atoms with Crippen molar-refractivity contribution in [3.05, 3.63) is 60.2 Å². The summed E-state index contributed by atoms with van der Waals surface area (Å²) < 4.78 is 15.7. The quantitative estimate of drug-likeness (QED) is 0.285. The summed E-state index contributed by atoms with van der Waals surface area (Å²) in [5, 5.41) is 18.2. The van der Waals surface area contributed by atoms with Crippen molar-refractivity contribution in [2.45, 2.75) is 19.1 Å². The van der Waals surface area contributed by atoms with Gasteiger partial charge in [-0.1, -0.05) is 48.5 Å². The first-order chi connectivity index (χ1) is 13.8. The molecule has 0 aliphatic rings. The van der Waals surface area contributed by atoms with Crippen LogP contribution in [0.4, 0.5) is 0 Å². The normalized spacial score (nSPS) is 14.5. The number of carbonyl (C=O) groups is 1. The van der Waals surface area contributed by atoms with Crippen LogP contribution in [-0.4, -0.2) is 39.6 Å². The molecule has 7 nitrogen and oxygen atoms in total. The van der Waals surface area contributed by atoms with Crippen LogP contribution in [0, 0.1) is 0 Å². The highest BCUT2D eigenvalue weighted by atomic mass is 31.2. The molecule has 8 heteroatoms. The van der Waals surface area contributed by atoms with E-state index in [9.17, 15) is 14.5 Å². The van der Waals surface area contributed by atoms with Crippen LogP contribution in [0.5, 0.6) is 0 Å². The van der Waals surface area contributed by atoms with E-state index in [0.717, 1.165) is 32.3 Å². The SMILES string of the molecule is C[C@H](OP(=O)(O)O)[C@H](CO)NC(=O)c1ccc2ccc3cccc4ccc1c2c34. The summed E-state index contributed by atoms with van der Waals surface area (Å²) in [4.78, 5) is 30.9. The number of aliphatic hydroxyl groups is 1. The summed E-state index contributed by atoms with van der Waals surface area (Å²) in [6, 6.07) is 16.6. The molecule has 0 saturated heterocycles. The lowest BCUT2D eigenvalue weighted by Gasteiger charge is -2.24. The van der Waals surface area contributed by atoms with Gasteiger partial charge < -0.3 is 20.2 Å². The standard InChI is InChI=1S/C21H20NO6P/c1-12(28-29(25,26)27)18(11-23)22-21(24)17-10-8-15-6-5-13-3-2-4-14-7-9-16(17)20(15)19(13)14/h2-10,12,18,23H,11H2,1H3,(H,22,24)(H2,25,26,27)/t12-,18-/m0/s1. The maximum absolute atomic E-state index is 13.0. The second-order valence-electron chi connectivity index (χ2n) is 7.03. The summed E-state index contributed by atoms with van der Waals surface area (Å²) in [6.07, 6.45) is -1.08. The zero-order valence-electron chi connectivity index (χ0n) is 15.6. The molecule has 4 aromatic carbocycles. The van der Waals surface area contributed by atoms with Gasteiger partial charge in [0.05, 0.1) is 18.8 Å². The van der Waals surface area contributed by atoms with E-state index in [-0.39, 0.29) is 0 Å². The predicted molar refractivity (Wildman–Crippen MR) is 111 cm³/mol. The van der Waals surface area contributed by atoms with Gasteiger partial charge in [-0.25, -0.2) is 4.57 Å². The first-order valence-corrected chi connectivity index (χ1v) is 10.6. The lowest BCUT2D eigenvalue weighted by molar-refractivity contribution is 0.0711. The van der Waals surface area contributed by atoms with Crippen LogP contribution >= 0.6 is 7.82 Å². The van der Waals surface area contributed by atoms with Gasteiger partial charge in [-0.2, -0.15) is 0 Å². The zero-order valence-corrected chi connectivity index (χ0v) is 16.5. The van der Waals surface area contributed by atoms with E-state index in [4.69, 9.17) is 9.79 Å². The average molecular weight is 413 g/mol. The van der Waals surface area contributed by atoms with Gasteiger partial charge in [-0.05, 0) is 45.3 Å². The van der Waals surface area contributed by atoms with Gasteiger partial charge in [0.25, 0.3) is 5.91 Å². The highest BCUT2D eigenvalue weighted by molar-refractivity contribution is 7.46. The second kappa shape index (κ2) is 7.37. The maximum atomic E-state index is 13.0. The summed E-state index contributed by atoms with van der Waals surface area (Å²) in [5.74, 6) is -0.455. The molecule has 4 rings (SSSR count). The Labute approximate surface area is 166 Å². The largest absolute Gasteiger partial charge is 0.469 e. The molecule has 4 aromatic rings. The van der Waals surface area contributed by atoms with Crippen molar-refractivity contribution in [2.75, 3.05) is 6.61 Å². The predicted octanol–water partition coefficient (Wildman–Crippen LogP) is 3.17. The van der Waals surface area contributed by atoms with E-state index in [1.807, 2.05) is 48.5 Å². The highest BCUT2D eigenvalue weighted by Crippen LogP contribution is 2.38. The van der Waals surface area contributed by atoms with E-state index in [1.165, 1.54) is 6.92 Å². The average Bonchev–Trinajstić information content (AvgIpc) is 2.68. The molecule has 0 aliphatic heterocycles. The van der Waals surface area contributed by atoms with E-state index in [1.54, 1.807) is 6.07 Å². The maximum Gasteiger partial charge on any atom is 0.469 e. The minimum atomic E-state index is -4.75. The number of nitrogens with one attached hydrogen (secondary N) is 1. The Morgan fingerprint density at radius 2 is 1.59 bits per heavy atom. The van der Waals surface area contributed by atoms with Gasteiger partial charge >= 0.3 is 7.82 Å². The van der Waals surface area contributed by atoms with Gasteiger partial charge in [0.1, 0.15) is 0 Å². The molecular formula is C21H20NO6P. The van der Waals surface area contributed by atoms with Crippen molar-refractivity contribution >= 4 is 46.0 Å². The summed E-state index contributed by atoms with van der Waals surface area (Å²) in [5.41, 5.74) is 0.414. The topological polar surface area (TPSA) is 116 Å². The Morgan fingerprint density at radius 1 is 1.00 bits per heavy atom.